The SMILES string of the molecule is CC1CCC2C(CCC3C2CCC2(C)C(C(=O)Cn4ncc(C#N)n4)CCC32)C1. The van der Waals surface area contributed by atoms with E-state index in [9.17, 15) is 4.79 Å². The molecule has 0 aliphatic heterocycles. The summed E-state index contributed by atoms with van der Waals surface area (Å²) in [4.78, 5) is 14.6. The molecule has 4 fully saturated rings. The molecule has 4 aliphatic carbocycles. The molecule has 8 atom stereocenters. The van der Waals surface area contributed by atoms with Gasteiger partial charge in [-0.1, -0.05) is 20.3 Å². The Morgan fingerprint density at radius 3 is 2.79 bits per heavy atom. The molecule has 1 aromatic heterocycles. The minimum atomic E-state index is 0.133. The second-order valence-corrected chi connectivity index (χ2v) is 10.9. The van der Waals surface area contributed by atoms with Crippen molar-refractivity contribution in [2.45, 2.75) is 78.2 Å². The predicted octanol–water partition coefficient (Wildman–Crippen LogP) is 4.62. The molecule has 0 radical (unpaired) electrons. The molecule has 0 aromatic carbocycles. The van der Waals surface area contributed by atoms with Gasteiger partial charge in [-0.3, -0.25) is 4.79 Å². The number of nitriles is 1. The Balaban J connectivity index is 1.31. The third-order valence-electron chi connectivity index (χ3n) is 9.55. The summed E-state index contributed by atoms with van der Waals surface area (Å²) in [5.41, 5.74) is 0.436. The highest BCUT2D eigenvalue weighted by Gasteiger charge is 2.58. The zero-order valence-corrected chi connectivity index (χ0v) is 17.9. The molecule has 0 saturated heterocycles. The Labute approximate surface area is 174 Å². The van der Waals surface area contributed by atoms with E-state index in [-0.39, 0.29) is 29.4 Å². The van der Waals surface area contributed by atoms with E-state index in [4.69, 9.17) is 5.26 Å². The fraction of sp³-hybridized carbons (Fsp3) is 0.833. The van der Waals surface area contributed by atoms with Gasteiger partial charge < -0.3 is 0 Å². The molecule has 0 bridgehead atoms. The molecule has 1 aromatic rings. The van der Waals surface area contributed by atoms with Crippen LogP contribution in [0.5, 0.6) is 0 Å². The number of hydrogen-bond acceptors (Lipinski definition) is 4. The summed E-state index contributed by atoms with van der Waals surface area (Å²) in [6, 6.07) is 1.99. The lowest BCUT2D eigenvalue weighted by Crippen LogP contribution is -2.49. The van der Waals surface area contributed by atoms with Crippen molar-refractivity contribution in [1.82, 2.24) is 15.0 Å². The van der Waals surface area contributed by atoms with Crippen LogP contribution in [0.25, 0.3) is 0 Å². The fourth-order valence-corrected chi connectivity index (χ4v) is 8.29. The van der Waals surface area contributed by atoms with E-state index in [1.165, 1.54) is 62.4 Å². The maximum Gasteiger partial charge on any atom is 0.182 e. The molecule has 4 saturated carbocycles. The highest BCUT2D eigenvalue weighted by atomic mass is 16.1. The second-order valence-electron chi connectivity index (χ2n) is 10.9. The van der Waals surface area contributed by atoms with Crippen LogP contribution >= 0.6 is 0 Å². The van der Waals surface area contributed by atoms with Gasteiger partial charge in [-0.25, -0.2) is 0 Å². The van der Waals surface area contributed by atoms with Gasteiger partial charge in [-0.2, -0.15) is 15.2 Å². The van der Waals surface area contributed by atoms with Crippen molar-refractivity contribution in [1.29, 1.82) is 5.26 Å². The molecule has 156 valence electrons. The van der Waals surface area contributed by atoms with Crippen LogP contribution < -0.4 is 0 Å². The minimum Gasteiger partial charge on any atom is -0.297 e. The summed E-state index contributed by atoms with van der Waals surface area (Å²) in [6.45, 7) is 5.07. The number of aromatic nitrogens is 3. The van der Waals surface area contributed by atoms with E-state index in [2.05, 4.69) is 24.0 Å². The lowest BCUT2D eigenvalue weighted by Gasteiger charge is -2.56. The number of nitrogens with zero attached hydrogens (tertiary/aromatic N) is 4. The van der Waals surface area contributed by atoms with Gasteiger partial charge in [-0.05, 0) is 92.3 Å². The first-order valence-corrected chi connectivity index (χ1v) is 11.8. The van der Waals surface area contributed by atoms with E-state index in [1.807, 2.05) is 6.07 Å². The highest BCUT2D eigenvalue weighted by Crippen LogP contribution is 2.64. The molecular weight excluding hydrogens is 360 g/mol. The first kappa shape index (κ1) is 19.3. The van der Waals surface area contributed by atoms with Crippen LogP contribution in [0.3, 0.4) is 0 Å². The maximum atomic E-state index is 13.2. The highest BCUT2D eigenvalue weighted by molar-refractivity contribution is 5.82. The van der Waals surface area contributed by atoms with Gasteiger partial charge in [0.1, 0.15) is 12.6 Å². The molecule has 0 spiro atoms. The van der Waals surface area contributed by atoms with E-state index < -0.39 is 0 Å². The largest absolute Gasteiger partial charge is 0.297 e. The Morgan fingerprint density at radius 2 is 2.00 bits per heavy atom. The average Bonchev–Trinajstić information content (AvgIpc) is 3.30. The third kappa shape index (κ3) is 3.14. The Morgan fingerprint density at radius 1 is 1.17 bits per heavy atom. The molecule has 1 heterocycles. The van der Waals surface area contributed by atoms with Gasteiger partial charge in [0.2, 0.25) is 0 Å². The van der Waals surface area contributed by atoms with Gasteiger partial charge in [0.15, 0.2) is 11.5 Å². The van der Waals surface area contributed by atoms with E-state index in [0.717, 1.165) is 41.9 Å². The first-order valence-electron chi connectivity index (χ1n) is 11.8. The summed E-state index contributed by atoms with van der Waals surface area (Å²) in [7, 11) is 0. The standard InChI is InChI=1S/C24H34N4O/c1-15-3-5-18-16(11-15)4-6-20-19(18)9-10-24(2)21(20)7-8-22(24)23(29)14-28-26-13-17(12-25)27-28/h13,15-16,18-22H,3-11,14H2,1-2H3. The van der Waals surface area contributed by atoms with Crippen molar-refractivity contribution < 1.29 is 4.79 Å². The van der Waals surface area contributed by atoms with Crippen molar-refractivity contribution in [3.05, 3.63) is 11.9 Å². The molecular formula is C24H34N4O. The summed E-state index contributed by atoms with van der Waals surface area (Å²) in [6.07, 6.45) is 13.4. The molecule has 5 rings (SSSR count). The van der Waals surface area contributed by atoms with Crippen molar-refractivity contribution in [3.8, 4) is 6.07 Å². The van der Waals surface area contributed by atoms with Gasteiger partial charge in [0.25, 0.3) is 0 Å². The summed E-state index contributed by atoms with van der Waals surface area (Å²) in [5.74, 6) is 5.74. The summed E-state index contributed by atoms with van der Waals surface area (Å²) in [5, 5.41) is 17.2. The van der Waals surface area contributed by atoms with E-state index in [0.29, 0.717) is 0 Å². The van der Waals surface area contributed by atoms with Crippen LogP contribution in [0.15, 0.2) is 6.20 Å². The molecule has 5 nitrogen and oxygen atoms in total. The normalized spacial score (nSPS) is 43.7. The lowest BCUT2D eigenvalue weighted by molar-refractivity contribution is -0.131. The quantitative estimate of drug-likeness (QED) is 0.750. The van der Waals surface area contributed by atoms with Gasteiger partial charge in [-0.15, -0.1) is 5.10 Å². The Kier molecular flexibility index (Phi) is 4.80. The van der Waals surface area contributed by atoms with Crippen molar-refractivity contribution in [2.24, 2.45) is 46.8 Å². The number of carbonyl (C=O) groups excluding carboxylic acids is 1. The average molecular weight is 395 g/mol. The smallest absolute Gasteiger partial charge is 0.182 e. The van der Waals surface area contributed by atoms with Gasteiger partial charge in [0.05, 0.1) is 6.20 Å². The predicted molar refractivity (Wildman–Crippen MR) is 110 cm³/mol. The first-order chi connectivity index (χ1) is 14.0. The molecule has 8 unspecified atom stereocenters. The summed E-state index contributed by atoms with van der Waals surface area (Å²) >= 11 is 0. The van der Waals surface area contributed by atoms with Crippen LogP contribution in [0.4, 0.5) is 0 Å². The monoisotopic (exact) mass is 394 g/mol. The maximum absolute atomic E-state index is 13.2. The third-order valence-corrected chi connectivity index (χ3v) is 9.55. The van der Waals surface area contributed by atoms with Crippen LogP contribution in [0, 0.1) is 58.2 Å². The number of rotatable bonds is 3. The number of hydrogen-bond donors (Lipinski definition) is 0. The van der Waals surface area contributed by atoms with E-state index >= 15 is 0 Å². The van der Waals surface area contributed by atoms with Crippen LogP contribution in [0.1, 0.15) is 77.3 Å². The Bertz CT molecular complexity index is 825. The molecule has 0 N–H and O–H groups in total. The molecule has 4 aliphatic rings. The summed E-state index contributed by atoms with van der Waals surface area (Å²) < 4.78 is 0. The van der Waals surface area contributed by atoms with Crippen molar-refractivity contribution in [2.75, 3.05) is 0 Å². The van der Waals surface area contributed by atoms with Crippen molar-refractivity contribution >= 4 is 5.78 Å². The van der Waals surface area contributed by atoms with Crippen LogP contribution in [-0.4, -0.2) is 20.8 Å². The number of carbonyl (C=O) groups is 1. The van der Waals surface area contributed by atoms with Crippen LogP contribution in [0.2, 0.25) is 0 Å². The minimum absolute atomic E-state index is 0.133. The van der Waals surface area contributed by atoms with Gasteiger partial charge in [0, 0.05) is 5.92 Å². The second kappa shape index (κ2) is 7.22. The van der Waals surface area contributed by atoms with Gasteiger partial charge >= 0.3 is 0 Å². The van der Waals surface area contributed by atoms with Crippen molar-refractivity contribution in [3.63, 3.8) is 0 Å². The van der Waals surface area contributed by atoms with E-state index in [1.54, 1.807) is 0 Å². The van der Waals surface area contributed by atoms with Crippen LogP contribution in [-0.2, 0) is 11.3 Å². The Hall–Kier alpha value is -1.70. The number of Topliss-reactive ketones (excluding diaryl/α,β-unsaturated/α-hetero) is 1. The molecule has 29 heavy (non-hydrogen) atoms. The lowest BCUT2D eigenvalue weighted by atomic mass is 9.49. The zero-order chi connectivity index (χ0) is 20.2. The topological polar surface area (TPSA) is 71.6 Å². The number of ketones is 1. The fourth-order valence-electron chi connectivity index (χ4n) is 8.29. The number of fused-ring (bicyclic) bond motifs is 5. The molecule has 0 amide bonds. The molecule has 5 heteroatoms. The zero-order valence-electron chi connectivity index (χ0n) is 17.9.